The molecular weight excluding hydrogens is 248 g/mol. The van der Waals surface area contributed by atoms with E-state index in [9.17, 15) is 10.1 Å². The number of nitro groups is 1. The molecular formula is C12H20N4O3. The highest BCUT2D eigenvalue weighted by Crippen LogP contribution is 2.29. The fourth-order valence-electron chi connectivity index (χ4n) is 2.32. The van der Waals surface area contributed by atoms with Gasteiger partial charge in [-0.1, -0.05) is 6.92 Å². The van der Waals surface area contributed by atoms with Crippen LogP contribution in [0.1, 0.15) is 25.5 Å². The van der Waals surface area contributed by atoms with Gasteiger partial charge in [-0.3, -0.25) is 10.1 Å². The SMILES string of the molecule is CCCn1nc(C)c([N+](=O)[O-])c1NCC1CCOC1. The minimum atomic E-state index is -0.359. The van der Waals surface area contributed by atoms with E-state index in [0.29, 0.717) is 30.5 Å². The highest BCUT2D eigenvalue weighted by molar-refractivity contribution is 5.59. The average Bonchev–Trinajstić information content (AvgIpc) is 2.95. The second kappa shape index (κ2) is 6.01. The molecule has 1 aromatic heterocycles. The van der Waals surface area contributed by atoms with Gasteiger partial charge in [-0.05, 0) is 19.8 Å². The Morgan fingerprint density at radius 3 is 3.00 bits per heavy atom. The molecule has 1 aromatic rings. The van der Waals surface area contributed by atoms with Gasteiger partial charge in [0, 0.05) is 25.6 Å². The Balaban J connectivity index is 2.16. The van der Waals surface area contributed by atoms with Crippen molar-refractivity contribution in [2.75, 3.05) is 25.1 Å². The molecule has 1 N–H and O–H groups in total. The van der Waals surface area contributed by atoms with Gasteiger partial charge in [-0.15, -0.1) is 0 Å². The first kappa shape index (κ1) is 13.8. The fraction of sp³-hybridized carbons (Fsp3) is 0.750. The summed E-state index contributed by atoms with van der Waals surface area (Å²) in [5, 5.41) is 18.6. The number of anilines is 1. The summed E-state index contributed by atoms with van der Waals surface area (Å²) in [6.07, 6.45) is 1.89. The van der Waals surface area contributed by atoms with Gasteiger partial charge in [0.05, 0.1) is 11.5 Å². The van der Waals surface area contributed by atoms with Gasteiger partial charge in [0.2, 0.25) is 5.82 Å². The molecule has 1 aliphatic rings. The first-order valence-electron chi connectivity index (χ1n) is 6.66. The molecule has 106 valence electrons. The first-order valence-corrected chi connectivity index (χ1v) is 6.66. The van der Waals surface area contributed by atoms with Crippen molar-refractivity contribution in [2.24, 2.45) is 5.92 Å². The molecule has 0 radical (unpaired) electrons. The maximum absolute atomic E-state index is 11.1. The summed E-state index contributed by atoms with van der Waals surface area (Å²) >= 11 is 0. The molecule has 0 amide bonds. The van der Waals surface area contributed by atoms with E-state index >= 15 is 0 Å². The number of hydrogen-bond acceptors (Lipinski definition) is 5. The van der Waals surface area contributed by atoms with E-state index in [4.69, 9.17) is 4.74 Å². The van der Waals surface area contributed by atoms with E-state index in [2.05, 4.69) is 10.4 Å². The highest BCUT2D eigenvalue weighted by atomic mass is 16.6. The molecule has 0 aliphatic carbocycles. The lowest BCUT2D eigenvalue weighted by atomic mass is 10.1. The second-order valence-corrected chi connectivity index (χ2v) is 4.87. The van der Waals surface area contributed by atoms with Crippen LogP contribution in [0.4, 0.5) is 11.5 Å². The first-order chi connectivity index (χ1) is 9.13. The van der Waals surface area contributed by atoms with Crippen molar-refractivity contribution in [3.63, 3.8) is 0 Å². The van der Waals surface area contributed by atoms with Crippen LogP contribution >= 0.6 is 0 Å². The van der Waals surface area contributed by atoms with Crippen molar-refractivity contribution < 1.29 is 9.66 Å². The van der Waals surface area contributed by atoms with Crippen LogP contribution in [-0.4, -0.2) is 34.5 Å². The van der Waals surface area contributed by atoms with Crippen LogP contribution in [0.25, 0.3) is 0 Å². The van der Waals surface area contributed by atoms with Gasteiger partial charge < -0.3 is 10.1 Å². The smallest absolute Gasteiger partial charge is 0.333 e. The maximum Gasteiger partial charge on any atom is 0.333 e. The van der Waals surface area contributed by atoms with E-state index in [0.717, 1.165) is 26.1 Å². The molecule has 7 nitrogen and oxygen atoms in total. The molecule has 1 fully saturated rings. The van der Waals surface area contributed by atoms with Gasteiger partial charge in [-0.2, -0.15) is 5.10 Å². The molecule has 0 aromatic carbocycles. The van der Waals surface area contributed by atoms with Crippen molar-refractivity contribution in [3.8, 4) is 0 Å². The minimum absolute atomic E-state index is 0.0902. The van der Waals surface area contributed by atoms with Crippen LogP contribution in [0, 0.1) is 23.0 Å². The summed E-state index contributed by atoms with van der Waals surface area (Å²) in [6.45, 7) is 6.57. The number of nitrogens with one attached hydrogen (secondary N) is 1. The van der Waals surface area contributed by atoms with Gasteiger partial charge >= 0.3 is 5.69 Å². The largest absolute Gasteiger partial charge is 0.381 e. The fourth-order valence-corrected chi connectivity index (χ4v) is 2.32. The quantitative estimate of drug-likeness (QED) is 0.630. The summed E-state index contributed by atoms with van der Waals surface area (Å²) in [6, 6.07) is 0. The van der Waals surface area contributed by atoms with Crippen molar-refractivity contribution in [2.45, 2.75) is 33.2 Å². The van der Waals surface area contributed by atoms with Crippen molar-refractivity contribution in [3.05, 3.63) is 15.8 Å². The summed E-state index contributed by atoms with van der Waals surface area (Å²) in [4.78, 5) is 10.8. The summed E-state index contributed by atoms with van der Waals surface area (Å²) in [7, 11) is 0. The number of rotatable bonds is 6. The maximum atomic E-state index is 11.1. The number of aryl methyl sites for hydroxylation is 2. The van der Waals surface area contributed by atoms with E-state index < -0.39 is 0 Å². The number of nitrogens with zero attached hydrogens (tertiary/aromatic N) is 3. The average molecular weight is 268 g/mol. The monoisotopic (exact) mass is 268 g/mol. The van der Waals surface area contributed by atoms with Crippen LogP contribution in [0.5, 0.6) is 0 Å². The number of aromatic nitrogens is 2. The molecule has 2 rings (SSSR count). The van der Waals surface area contributed by atoms with Crippen LogP contribution in [0.15, 0.2) is 0 Å². The Morgan fingerprint density at radius 2 is 2.42 bits per heavy atom. The summed E-state index contributed by atoms with van der Waals surface area (Å²) in [5.41, 5.74) is 0.552. The molecule has 0 spiro atoms. The lowest BCUT2D eigenvalue weighted by Crippen LogP contribution is -2.17. The molecule has 1 aliphatic heterocycles. The molecule has 1 atom stereocenters. The summed E-state index contributed by atoms with van der Waals surface area (Å²) in [5.74, 6) is 0.945. The molecule has 1 unspecified atom stereocenters. The topological polar surface area (TPSA) is 82.2 Å². The molecule has 0 bridgehead atoms. The third kappa shape index (κ3) is 3.04. The molecule has 1 saturated heterocycles. The number of ether oxygens (including phenoxy) is 1. The molecule has 19 heavy (non-hydrogen) atoms. The number of hydrogen-bond donors (Lipinski definition) is 1. The third-order valence-corrected chi connectivity index (χ3v) is 3.30. The lowest BCUT2D eigenvalue weighted by Gasteiger charge is -2.11. The van der Waals surface area contributed by atoms with Gasteiger partial charge in [0.15, 0.2) is 0 Å². The second-order valence-electron chi connectivity index (χ2n) is 4.87. The van der Waals surface area contributed by atoms with Crippen molar-refractivity contribution in [1.29, 1.82) is 0 Å². The Morgan fingerprint density at radius 1 is 1.63 bits per heavy atom. The van der Waals surface area contributed by atoms with E-state index in [1.807, 2.05) is 6.92 Å². The van der Waals surface area contributed by atoms with E-state index in [1.54, 1.807) is 11.6 Å². The van der Waals surface area contributed by atoms with Gasteiger partial charge in [-0.25, -0.2) is 4.68 Å². The Bertz CT molecular complexity index is 452. The molecule has 2 heterocycles. The standard InChI is InChI=1S/C12H20N4O3/c1-3-5-15-12(11(16(17)18)9(2)14-15)13-7-10-4-6-19-8-10/h10,13H,3-8H2,1-2H3. The van der Waals surface area contributed by atoms with Crippen molar-refractivity contribution in [1.82, 2.24) is 9.78 Å². The van der Waals surface area contributed by atoms with E-state index in [1.165, 1.54) is 0 Å². The predicted octanol–water partition coefficient (Wildman–Crippen LogP) is 1.96. The lowest BCUT2D eigenvalue weighted by molar-refractivity contribution is -0.384. The highest BCUT2D eigenvalue weighted by Gasteiger charge is 2.26. The Labute approximate surface area is 112 Å². The van der Waals surface area contributed by atoms with Crippen LogP contribution < -0.4 is 5.32 Å². The van der Waals surface area contributed by atoms with Crippen LogP contribution in [0.2, 0.25) is 0 Å². The normalized spacial score (nSPS) is 18.7. The Kier molecular flexibility index (Phi) is 4.36. The summed E-state index contributed by atoms with van der Waals surface area (Å²) < 4.78 is 7.01. The minimum Gasteiger partial charge on any atom is -0.381 e. The van der Waals surface area contributed by atoms with Crippen LogP contribution in [0.3, 0.4) is 0 Å². The molecule has 7 heteroatoms. The molecule has 0 saturated carbocycles. The van der Waals surface area contributed by atoms with Crippen LogP contribution in [-0.2, 0) is 11.3 Å². The zero-order chi connectivity index (χ0) is 13.8. The van der Waals surface area contributed by atoms with Crippen molar-refractivity contribution >= 4 is 11.5 Å². The van der Waals surface area contributed by atoms with E-state index in [-0.39, 0.29) is 10.6 Å². The zero-order valence-corrected chi connectivity index (χ0v) is 11.4. The Hall–Kier alpha value is -1.63. The van der Waals surface area contributed by atoms with Gasteiger partial charge in [0.1, 0.15) is 5.69 Å². The predicted molar refractivity (Wildman–Crippen MR) is 71.3 cm³/mol. The van der Waals surface area contributed by atoms with Gasteiger partial charge in [0.25, 0.3) is 0 Å². The zero-order valence-electron chi connectivity index (χ0n) is 11.4. The third-order valence-electron chi connectivity index (χ3n) is 3.30.